The number of nitrogens with one attached hydrogen (secondary N) is 1. The number of ether oxygens (including phenoxy) is 1. The molecule has 0 amide bonds. The summed E-state index contributed by atoms with van der Waals surface area (Å²) in [5, 5.41) is 0. The lowest BCUT2D eigenvalue weighted by atomic mass is 10.2. The highest BCUT2D eigenvalue weighted by Crippen LogP contribution is 2.23. The largest absolute Gasteiger partial charge is 0.493 e. The Bertz CT molecular complexity index is 763. The van der Waals surface area contributed by atoms with Crippen LogP contribution in [0.25, 0.3) is 0 Å². The van der Waals surface area contributed by atoms with Gasteiger partial charge in [-0.15, -0.1) is 0 Å². The van der Waals surface area contributed by atoms with Crippen LogP contribution in [0.4, 0.5) is 10.2 Å². The monoisotopic (exact) mass is 324 g/mol. The highest BCUT2D eigenvalue weighted by molar-refractivity contribution is 7.92. The number of benzene rings is 1. The second kappa shape index (κ2) is 6.74. The molecule has 0 aliphatic rings. The first kappa shape index (κ1) is 16.2. The molecule has 1 aromatic carbocycles. The van der Waals surface area contributed by atoms with E-state index in [-0.39, 0.29) is 23.8 Å². The molecule has 0 radical (unpaired) electrons. The number of rotatable bonds is 6. The van der Waals surface area contributed by atoms with Gasteiger partial charge in [0.15, 0.2) is 11.6 Å². The first-order valence-electron chi connectivity index (χ1n) is 6.66. The third kappa shape index (κ3) is 4.42. The molecule has 5 nitrogen and oxygen atoms in total. The zero-order valence-corrected chi connectivity index (χ0v) is 13.2. The Hall–Kier alpha value is -2.15. The molecule has 0 aliphatic heterocycles. The summed E-state index contributed by atoms with van der Waals surface area (Å²) in [5.41, 5.74) is 1.29. The molecular formula is C15H17FN2O3S. The molecule has 0 bridgehead atoms. The van der Waals surface area contributed by atoms with E-state index in [1.54, 1.807) is 31.2 Å². The topological polar surface area (TPSA) is 68.3 Å². The van der Waals surface area contributed by atoms with E-state index in [1.165, 1.54) is 19.2 Å². The molecule has 0 fully saturated rings. The number of aromatic nitrogens is 1. The fourth-order valence-corrected chi connectivity index (χ4v) is 2.97. The molecule has 0 spiro atoms. The normalized spacial score (nSPS) is 11.2. The molecule has 2 rings (SSSR count). The Labute approximate surface area is 129 Å². The summed E-state index contributed by atoms with van der Waals surface area (Å²) in [7, 11) is -2.17. The number of aryl methyl sites for hydroxylation is 2. The molecule has 0 saturated carbocycles. The average Bonchev–Trinajstić information content (AvgIpc) is 2.45. The third-order valence-corrected chi connectivity index (χ3v) is 4.26. The molecule has 0 saturated heterocycles. The molecule has 118 valence electrons. The average molecular weight is 324 g/mol. The van der Waals surface area contributed by atoms with Crippen molar-refractivity contribution in [1.82, 2.24) is 4.98 Å². The zero-order valence-electron chi connectivity index (χ0n) is 12.3. The van der Waals surface area contributed by atoms with Crippen LogP contribution in [0.5, 0.6) is 5.75 Å². The predicted octanol–water partition coefficient (Wildman–Crippen LogP) is 2.52. The lowest BCUT2D eigenvalue weighted by Gasteiger charge is -2.11. The lowest BCUT2D eigenvalue weighted by Crippen LogP contribution is -2.19. The van der Waals surface area contributed by atoms with Gasteiger partial charge in [0.1, 0.15) is 5.82 Å². The van der Waals surface area contributed by atoms with Gasteiger partial charge in [-0.1, -0.05) is 12.1 Å². The molecule has 0 aliphatic carbocycles. The maximum absolute atomic E-state index is 13.1. The second-order valence-corrected chi connectivity index (χ2v) is 6.65. The second-order valence-electron chi connectivity index (χ2n) is 4.80. The van der Waals surface area contributed by atoms with Gasteiger partial charge in [0.2, 0.25) is 10.0 Å². The van der Waals surface area contributed by atoms with E-state index in [0.717, 1.165) is 0 Å². The summed E-state index contributed by atoms with van der Waals surface area (Å²) in [6.45, 7) is 1.75. The number of anilines is 1. The van der Waals surface area contributed by atoms with E-state index in [1.807, 2.05) is 0 Å². The van der Waals surface area contributed by atoms with Crippen LogP contribution in [-0.4, -0.2) is 26.3 Å². The fourth-order valence-electron chi connectivity index (χ4n) is 1.92. The van der Waals surface area contributed by atoms with E-state index in [9.17, 15) is 12.8 Å². The maximum Gasteiger partial charge on any atom is 0.234 e. The number of hydrogen-bond acceptors (Lipinski definition) is 4. The van der Waals surface area contributed by atoms with Crippen LogP contribution < -0.4 is 9.46 Å². The SMILES string of the molecule is COc1ccc(C)nc1NS(=O)(=O)CCc1cccc(F)c1. The molecule has 0 unspecified atom stereocenters. The summed E-state index contributed by atoms with van der Waals surface area (Å²) in [6.07, 6.45) is 0.210. The minimum Gasteiger partial charge on any atom is -0.493 e. The van der Waals surface area contributed by atoms with Crippen molar-refractivity contribution in [2.24, 2.45) is 0 Å². The lowest BCUT2D eigenvalue weighted by molar-refractivity contribution is 0.415. The van der Waals surface area contributed by atoms with Crippen LogP contribution in [-0.2, 0) is 16.4 Å². The first-order valence-corrected chi connectivity index (χ1v) is 8.31. The number of hydrogen-bond donors (Lipinski definition) is 1. The predicted molar refractivity (Wildman–Crippen MR) is 83.0 cm³/mol. The highest BCUT2D eigenvalue weighted by Gasteiger charge is 2.15. The van der Waals surface area contributed by atoms with Crippen molar-refractivity contribution in [3.63, 3.8) is 0 Å². The number of halogens is 1. The van der Waals surface area contributed by atoms with Gasteiger partial charge in [0.25, 0.3) is 0 Å². The Kier molecular flexibility index (Phi) is 4.97. The number of sulfonamides is 1. The minimum atomic E-state index is -3.61. The van der Waals surface area contributed by atoms with Crippen molar-refractivity contribution in [2.75, 3.05) is 17.6 Å². The minimum absolute atomic E-state index is 0.154. The van der Waals surface area contributed by atoms with E-state index < -0.39 is 10.0 Å². The van der Waals surface area contributed by atoms with Crippen molar-refractivity contribution in [3.8, 4) is 5.75 Å². The van der Waals surface area contributed by atoms with Crippen molar-refractivity contribution in [1.29, 1.82) is 0 Å². The van der Waals surface area contributed by atoms with Gasteiger partial charge >= 0.3 is 0 Å². The van der Waals surface area contributed by atoms with Gasteiger partial charge in [0.05, 0.1) is 12.9 Å². The van der Waals surface area contributed by atoms with Gasteiger partial charge in [-0.2, -0.15) is 0 Å². The Morgan fingerprint density at radius 3 is 2.73 bits per heavy atom. The molecule has 22 heavy (non-hydrogen) atoms. The zero-order chi connectivity index (χ0) is 16.2. The first-order chi connectivity index (χ1) is 10.4. The van der Waals surface area contributed by atoms with Crippen molar-refractivity contribution in [3.05, 3.63) is 53.5 Å². The van der Waals surface area contributed by atoms with Gasteiger partial charge in [-0.3, -0.25) is 4.72 Å². The van der Waals surface area contributed by atoms with E-state index in [0.29, 0.717) is 17.0 Å². The van der Waals surface area contributed by atoms with Crippen LogP contribution in [0, 0.1) is 12.7 Å². The maximum atomic E-state index is 13.1. The third-order valence-electron chi connectivity index (χ3n) is 3.02. The molecule has 1 heterocycles. The van der Waals surface area contributed by atoms with E-state index in [2.05, 4.69) is 9.71 Å². The van der Waals surface area contributed by atoms with Gasteiger partial charge in [-0.25, -0.2) is 17.8 Å². The molecule has 2 aromatic rings. The van der Waals surface area contributed by atoms with Crippen LogP contribution >= 0.6 is 0 Å². The van der Waals surface area contributed by atoms with Crippen molar-refractivity contribution >= 4 is 15.8 Å². The summed E-state index contributed by atoms with van der Waals surface area (Å²) in [4.78, 5) is 4.12. The summed E-state index contributed by atoms with van der Waals surface area (Å²) >= 11 is 0. The molecule has 1 aromatic heterocycles. The fraction of sp³-hybridized carbons (Fsp3) is 0.267. The smallest absolute Gasteiger partial charge is 0.234 e. The van der Waals surface area contributed by atoms with Crippen LogP contribution in [0.1, 0.15) is 11.3 Å². The van der Waals surface area contributed by atoms with Gasteiger partial charge in [-0.05, 0) is 43.2 Å². The van der Waals surface area contributed by atoms with Crippen LogP contribution in [0.15, 0.2) is 36.4 Å². The Morgan fingerprint density at radius 1 is 1.27 bits per heavy atom. The Balaban J connectivity index is 2.10. The highest BCUT2D eigenvalue weighted by atomic mass is 32.2. The van der Waals surface area contributed by atoms with Crippen molar-refractivity contribution < 1.29 is 17.5 Å². The summed E-state index contributed by atoms with van der Waals surface area (Å²) in [6, 6.07) is 9.24. The summed E-state index contributed by atoms with van der Waals surface area (Å²) < 4.78 is 44.9. The van der Waals surface area contributed by atoms with Gasteiger partial charge < -0.3 is 4.74 Å². The Morgan fingerprint density at radius 2 is 2.05 bits per heavy atom. The van der Waals surface area contributed by atoms with Gasteiger partial charge in [0, 0.05) is 5.69 Å². The number of nitrogens with zero attached hydrogens (tertiary/aromatic N) is 1. The molecule has 1 N–H and O–H groups in total. The quantitative estimate of drug-likeness (QED) is 0.886. The molecule has 0 atom stereocenters. The van der Waals surface area contributed by atoms with Crippen LogP contribution in [0.2, 0.25) is 0 Å². The van der Waals surface area contributed by atoms with Crippen LogP contribution in [0.3, 0.4) is 0 Å². The molecular weight excluding hydrogens is 307 g/mol. The van der Waals surface area contributed by atoms with E-state index in [4.69, 9.17) is 4.74 Å². The standard InChI is InChI=1S/C15H17FN2O3S/c1-11-6-7-14(21-2)15(17-11)18-22(19,20)9-8-12-4-3-5-13(16)10-12/h3-7,10H,8-9H2,1-2H3,(H,17,18). The number of methoxy groups -OCH3 is 1. The van der Waals surface area contributed by atoms with Crippen molar-refractivity contribution in [2.45, 2.75) is 13.3 Å². The molecule has 7 heteroatoms. The number of pyridine rings is 1. The summed E-state index contributed by atoms with van der Waals surface area (Å²) in [5.74, 6) is -0.0542. The van der Waals surface area contributed by atoms with E-state index >= 15 is 0 Å².